The SMILES string of the molecule is CCC(C)(C)CC(C)(C)C(C)(F)F. The van der Waals surface area contributed by atoms with Crippen molar-refractivity contribution < 1.29 is 8.78 Å². The summed E-state index contributed by atoms with van der Waals surface area (Å²) in [6.07, 6.45) is 1.49. The van der Waals surface area contributed by atoms with Crippen molar-refractivity contribution in [2.45, 2.75) is 60.3 Å². The molecule has 0 saturated carbocycles. The van der Waals surface area contributed by atoms with Crippen LogP contribution in [0, 0.1) is 10.8 Å². The molecule has 0 rings (SSSR count). The molecule has 0 nitrogen and oxygen atoms in total. The van der Waals surface area contributed by atoms with E-state index in [2.05, 4.69) is 0 Å². The van der Waals surface area contributed by atoms with Crippen molar-refractivity contribution in [2.24, 2.45) is 10.8 Å². The van der Waals surface area contributed by atoms with Gasteiger partial charge in [-0.25, -0.2) is 8.78 Å². The van der Waals surface area contributed by atoms with Crippen LogP contribution in [-0.4, -0.2) is 5.92 Å². The number of halogens is 2. The van der Waals surface area contributed by atoms with Gasteiger partial charge in [0.05, 0.1) is 0 Å². The summed E-state index contributed by atoms with van der Waals surface area (Å²) in [6.45, 7) is 10.4. The van der Waals surface area contributed by atoms with Crippen LogP contribution < -0.4 is 0 Å². The molecule has 0 aliphatic rings. The van der Waals surface area contributed by atoms with Gasteiger partial charge in [0.2, 0.25) is 5.92 Å². The van der Waals surface area contributed by atoms with Crippen LogP contribution in [0.2, 0.25) is 0 Å². The molecule has 13 heavy (non-hydrogen) atoms. The summed E-state index contributed by atoms with van der Waals surface area (Å²) in [6, 6.07) is 0. The number of hydrogen-bond donors (Lipinski definition) is 0. The summed E-state index contributed by atoms with van der Waals surface area (Å²) in [5.74, 6) is -2.60. The Kier molecular flexibility index (Phi) is 3.51. The largest absolute Gasteiger partial charge is 0.250 e. The van der Waals surface area contributed by atoms with Crippen molar-refractivity contribution in [2.75, 3.05) is 0 Å². The molecule has 0 fully saturated rings. The van der Waals surface area contributed by atoms with Gasteiger partial charge in [-0.2, -0.15) is 0 Å². The predicted molar refractivity (Wildman–Crippen MR) is 53.1 cm³/mol. The van der Waals surface area contributed by atoms with E-state index in [4.69, 9.17) is 0 Å². The van der Waals surface area contributed by atoms with Crippen molar-refractivity contribution in [3.05, 3.63) is 0 Å². The second-order valence-corrected chi connectivity index (χ2v) is 5.47. The summed E-state index contributed by atoms with van der Waals surface area (Å²) >= 11 is 0. The van der Waals surface area contributed by atoms with E-state index in [0.717, 1.165) is 13.3 Å². The number of rotatable bonds is 4. The average molecular weight is 192 g/mol. The lowest BCUT2D eigenvalue weighted by molar-refractivity contribution is -0.106. The van der Waals surface area contributed by atoms with Crippen molar-refractivity contribution in [3.63, 3.8) is 0 Å². The Morgan fingerprint density at radius 1 is 0.923 bits per heavy atom. The van der Waals surface area contributed by atoms with Crippen LogP contribution >= 0.6 is 0 Å². The zero-order valence-electron chi connectivity index (χ0n) is 9.67. The van der Waals surface area contributed by atoms with E-state index in [1.54, 1.807) is 13.8 Å². The molecule has 0 spiro atoms. The topological polar surface area (TPSA) is 0 Å². The van der Waals surface area contributed by atoms with Gasteiger partial charge >= 0.3 is 0 Å². The highest BCUT2D eigenvalue weighted by Gasteiger charge is 2.44. The van der Waals surface area contributed by atoms with E-state index < -0.39 is 11.3 Å². The Bertz CT molecular complexity index is 163. The minimum Gasteiger partial charge on any atom is -0.207 e. The Labute approximate surface area is 80.7 Å². The van der Waals surface area contributed by atoms with Gasteiger partial charge in [-0.15, -0.1) is 0 Å². The van der Waals surface area contributed by atoms with Gasteiger partial charge < -0.3 is 0 Å². The maximum Gasteiger partial charge on any atom is 0.250 e. The molecule has 0 aromatic rings. The van der Waals surface area contributed by atoms with Gasteiger partial charge in [-0.1, -0.05) is 41.0 Å². The van der Waals surface area contributed by atoms with E-state index in [1.165, 1.54) is 0 Å². The van der Waals surface area contributed by atoms with Gasteiger partial charge in [-0.05, 0) is 18.8 Å². The molecule has 0 heterocycles. The zero-order valence-corrected chi connectivity index (χ0v) is 9.67. The molecule has 80 valence electrons. The molecule has 0 saturated heterocycles. The molecular formula is C11H22F2. The van der Waals surface area contributed by atoms with Crippen molar-refractivity contribution in [1.29, 1.82) is 0 Å². The first-order valence-corrected chi connectivity index (χ1v) is 4.90. The normalized spacial score (nSPS) is 14.8. The molecule has 0 bridgehead atoms. The minimum atomic E-state index is -2.60. The minimum absolute atomic E-state index is 0.00292. The van der Waals surface area contributed by atoms with Gasteiger partial charge in [0, 0.05) is 5.41 Å². The Balaban J connectivity index is 4.52. The molecule has 0 N–H and O–H groups in total. The van der Waals surface area contributed by atoms with E-state index in [0.29, 0.717) is 6.42 Å². The zero-order chi connectivity index (χ0) is 10.9. The quantitative estimate of drug-likeness (QED) is 0.615. The second-order valence-electron chi connectivity index (χ2n) is 5.47. The maximum atomic E-state index is 13.2. The molecule has 0 unspecified atom stereocenters. The summed E-state index contributed by atoms with van der Waals surface area (Å²) in [7, 11) is 0. The van der Waals surface area contributed by atoms with Crippen LogP contribution in [0.5, 0.6) is 0 Å². The molecule has 0 aromatic heterocycles. The van der Waals surface area contributed by atoms with E-state index in [-0.39, 0.29) is 5.41 Å². The lowest BCUT2D eigenvalue weighted by atomic mass is 9.71. The third-order valence-corrected chi connectivity index (χ3v) is 3.07. The lowest BCUT2D eigenvalue weighted by Crippen LogP contribution is -2.37. The fourth-order valence-corrected chi connectivity index (χ4v) is 1.48. The Morgan fingerprint density at radius 3 is 1.54 bits per heavy atom. The highest BCUT2D eigenvalue weighted by Crippen LogP contribution is 2.45. The van der Waals surface area contributed by atoms with Crippen LogP contribution in [-0.2, 0) is 0 Å². The van der Waals surface area contributed by atoms with Gasteiger partial charge in [0.25, 0.3) is 0 Å². The first-order chi connectivity index (χ1) is 5.52. The second kappa shape index (κ2) is 3.55. The molecule has 0 aliphatic heterocycles. The average Bonchev–Trinajstić information content (AvgIpc) is 1.83. The first kappa shape index (κ1) is 12.9. The first-order valence-electron chi connectivity index (χ1n) is 4.90. The van der Waals surface area contributed by atoms with E-state index in [1.807, 2.05) is 20.8 Å². The number of hydrogen-bond acceptors (Lipinski definition) is 0. The van der Waals surface area contributed by atoms with Gasteiger partial charge in [-0.3, -0.25) is 0 Å². The van der Waals surface area contributed by atoms with Crippen LogP contribution in [0.1, 0.15) is 54.4 Å². The summed E-state index contributed by atoms with van der Waals surface area (Å²) < 4.78 is 26.3. The molecule has 0 amide bonds. The monoisotopic (exact) mass is 192 g/mol. The van der Waals surface area contributed by atoms with Crippen LogP contribution in [0.3, 0.4) is 0 Å². The van der Waals surface area contributed by atoms with Crippen molar-refractivity contribution in [3.8, 4) is 0 Å². The number of alkyl halides is 2. The summed E-state index contributed by atoms with van der Waals surface area (Å²) in [4.78, 5) is 0. The van der Waals surface area contributed by atoms with E-state index >= 15 is 0 Å². The fraction of sp³-hybridized carbons (Fsp3) is 1.00. The lowest BCUT2D eigenvalue weighted by Gasteiger charge is -2.38. The molecular weight excluding hydrogens is 170 g/mol. The van der Waals surface area contributed by atoms with Crippen LogP contribution in [0.15, 0.2) is 0 Å². The van der Waals surface area contributed by atoms with Crippen molar-refractivity contribution in [1.82, 2.24) is 0 Å². The van der Waals surface area contributed by atoms with Crippen molar-refractivity contribution >= 4 is 0 Å². The maximum absolute atomic E-state index is 13.2. The predicted octanol–water partition coefficient (Wildman–Crippen LogP) is 4.49. The third kappa shape index (κ3) is 3.61. The molecule has 0 aromatic carbocycles. The van der Waals surface area contributed by atoms with Gasteiger partial charge in [0.15, 0.2) is 0 Å². The highest BCUT2D eigenvalue weighted by molar-refractivity contribution is 4.86. The summed E-state index contributed by atoms with van der Waals surface area (Å²) in [5, 5.41) is 0. The highest BCUT2D eigenvalue weighted by atomic mass is 19.3. The summed E-state index contributed by atoms with van der Waals surface area (Å²) in [5.41, 5.74) is -0.907. The molecule has 2 heteroatoms. The van der Waals surface area contributed by atoms with Crippen LogP contribution in [0.4, 0.5) is 8.78 Å². The van der Waals surface area contributed by atoms with Crippen LogP contribution in [0.25, 0.3) is 0 Å². The molecule has 0 radical (unpaired) electrons. The Morgan fingerprint density at radius 2 is 1.31 bits per heavy atom. The standard InChI is InChI=1S/C11H22F2/c1-7-9(2,3)8-10(4,5)11(6,12)13/h7-8H2,1-6H3. The molecule has 0 atom stereocenters. The third-order valence-electron chi connectivity index (χ3n) is 3.07. The van der Waals surface area contributed by atoms with Gasteiger partial charge in [0.1, 0.15) is 0 Å². The molecule has 0 aliphatic carbocycles. The van der Waals surface area contributed by atoms with E-state index in [9.17, 15) is 8.78 Å². The fourth-order valence-electron chi connectivity index (χ4n) is 1.48. The smallest absolute Gasteiger partial charge is 0.207 e. The Hall–Kier alpha value is -0.140.